The third-order valence-electron chi connectivity index (χ3n) is 3.46. The smallest absolute Gasteiger partial charge is 0.248 e. The van der Waals surface area contributed by atoms with Crippen molar-refractivity contribution in [3.8, 4) is 0 Å². The number of carbonyl (C=O) groups excluding carboxylic acids is 1. The molecule has 0 aliphatic carbocycles. The zero-order valence-electron chi connectivity index (χ0n) is 13.3. The minimum absolute atomic E-state index is 0.348. The standard InChI is InChI=1S/C17H15ClN6O/c1-24(14-7-3-5-12(18)9-14)17-21-10-20-16(23-17)22-13-6-2-4-11(8-13)15(19)25/h2-10H,1H3,(H2,19,25)(H,20,21,22,23). The van der Waals surface area contributed by atoms with Crippen LogP contribution in [0.3, 0.4) is 0 Å². The van der Waals surface area contributed by atoms with Gasteiger partial charge in [0.15, 0.2) is 0 Å². The highest BCUT2D eigenvalue weighted by Crippen LogP contribution is 2.24. The molecule has 0 radical (unpaired) electrons. The third kappa shape index (κ3) is 4.02. The third-order valence-corrected chi connectivity index (χ3v) is 3.69. The van der Waals surface area contributed by atoms with Crippen molar-refractivity contribution < 1.29 is 4.79 Å². The Balaban J connectivity index is 1.84. The van der Waals surface area contributed by atoms with Crippen LogP contribution in [-0.4, -0.2) is 27.9 Å². The van der Waals surface area contributed by atoms with Crippen molar-refractivity contribution >= 4 is 40.8 Å². The maximum atomic E-state index is 11.3. The summed E-state index contributed by atoms with van der Waals surface area (Å²) in [4.78, 5) is 25.7. The summed E-state index contributed by atoms with van der Waals surface area (Å²) in [7, 11) is 1.83. The maximum absolute atomic E-state index is 11.3. The van der Waals surface area contributed by atoms with E-state index in [-0.39, 0.29) is 0 Å². The number of hydrogen-bond donors (Lipinski definition) is 2. The van der Waals surface area contributed by atoms with Gasteiger partial charge in [0.2, 0.25) is 17.8 Å². The lowest BCUT2D eigenvalue weighted by Gasteiger charge is -2.17. The summed E-state index contributed by atoms with van der Waals surface area (Å²) in [6.45, 7) is 0. The molecule has 0 saturated carbocycles. The van der Waals surface area contributed by atoms with Gasteiger partial charge in [-0.15, -0.1) is 0 Å². The van der Waals surface area contributed by atoms with E-state index in [1.54, 1.807) is 35.2 Å². The highest BCUT2D eigenvalue weighted by atomic mass is 35.5. The predicted octanol–water partition coefficient (Wildman–Crippen LogP) is 3.14. The summed E-state index contributed by atoms with van der Waals surface area (Å²) >= 11 is 6.03. The predicted molar refractivity (Wildman–Crippen MR) is 97.6 cm³/mol. The van der Waals surface area contributed by atoms with Gasteiger partial charge in [-0.25, -0.2) is 9.97 Å². The van der Waals surface area contributed by atoms with E-state index in [2.05, 4.69) is 20.3 Å². The van der Waals surface area contributed by atoms with Gasteiger partial charge in [0.05, 0.1) is 0 Å². The first-order valence-electron chi connectivity index (χ1n) is 7.38. The minimum Gasteiger partial charge on any atom is -0.366 e. The molecular weight excluding hydrogens is 340 g/mol. The van der Waals surface area contributed by atoms with Crippen molar-refractivity contribution in [2.24, 2.45) is 5.73 Å². The van der Waals surface area contributed by atoms with Gasteiger partial charge in [0, 0.05) is 29.0 Å². The average Bonchev–Trinajstić information content (AvgIpc) is 2.61. The van der Waals surface area contributed by atoms with Gasteiger partial charge in [-0.1, -0.05) is 23.7 Å². The number of nitrogens with one attached hydrogen (secondary N) is 1. The summed E-state index contributed by atoms with van der Waals surface area (Å²) in [5.74, 6) is 0.298. The molecule has 0 aliphatic heterocycles. The van der Waals surface area contributed by atoms with Crippen LogP contribution in [0.1, 0.15) is 10.4 Å². The van der Waals surface area contributed by atoms with Crippen molar-refractivity contribution in [1.29, 1.82) is 0 Å². The largest absolute Gasteiger partial charge is 0.366 e. The van der Waals surface area contributed by atoms with Gasteiger partial charge >= 0.3 is 0 Å². The molecule has 7 nitrogen and oxygen atoms in total. The zero-order valence-corrected chi connectivity index (χ0v) is 14.1. The van der Waals surface area contributed by atoms with Crippen LogP contribution in [0.5, 0.6) is 0 Å². The number of aromatic nitrogens is 3. The van der Waals surface area contributed by atoms with Crippen LogP contribution in [0.4, 0.5) is 23.3 Å². The Bertz CT molecular complexity index is 917. The molecule has 8 heteroatoms. The molecule has 0 unspecified atom stereocenters. The van der Waals surface area contributed by atoms with Crippen molar-refractivity contribution in [2.45, 2.75) is 0 Å². The number of primary amides is 1. The number of halogens is 1. The summed E-state index contributed by atoms with van der Waals surface area (Å²) < 4.78 is 0. The number of hydrogen-bond acceptors (Lipinski definition) is 6. The fourth-order valence-electron chi connectivity index (χ4n) is 2.19. The minimum atomic E-state index is -0.499. The van der Waals surface area contributed by atoms with Crippen LogP contribution in [0.2, 0.25) is 5.02 Å². The molecule has 2 aromatic carbocycles. The Morgan fingerprint density at radius 2 is 1.96 bits per heavy atom. The van der Waals surface area contributed by atoms with E-state index in [9.17, 15) is 4.79 Å². The van der Waals surface area contributed by atoms with Crippen molar-refractivity contribution in [2.75, 3.05) is 17.3 Å². The lowest BCUT2D eigenvalue weighted by molar-refractivity contribution is 0.100. The Hall–Kier alpha value is -3.19. The first-order valence-corrected chi connectivity index (χ1v) is 7.76. The normalized spacial score (nSPS) is 10.3. The van der Waals surface area contributed by atoms with Gasteiger partial charge in [-0.2, -0.15) is 4.98 Å². The number of nitrogens with zero attached hydrogens (tertiary/aromatic N) is 4. The van der Waals surface area contributed by atoms with Crippen LogP contribution >= 0.6 is 11.6 Å². The van der Waals surface area contributed by atoms with E-state index in [4.69, 9.17) is 17.3 Å². The Morgan fingerprint density at radius 3 is 2.72 bits per heavy atom. The molecule has 25 heavy (non-hydrogen) atoms. The van der Waals surface area contributed by atoms with Crippen molar-refractivity contribution in [1.82, 2.24) is 15.0 Å². The quantitative estimate of drug-likeness (QED) is 0.730. The first kappa shape index (κ1) is 16.7. The van der Waals surface area contributed by atoms with Crippen LogP contribution in [0, 0.1) is 0 Å². The second-order valence-corrected chi connectivity index (χ2v) is 5.65. The van der Waals surface area contributed by atoms with Gasteiger partial charge in [0.1, 0.15) is 6.33 Å². The molecule has 0 atom stereocenters. The van der Waals surface area contributed by atoms with Crippen molar-refractivity contribution in [3.63, 3.8) is 0 Å². The van der Waals surface area contributed by atoms with Crippen molar-refractivity contribution in [3.05, 3.63) is 65.4 Å². The Kier molecular flexibility index (Phi) is 4.76. The monoisotopic (exact) mass is 354 g/mol. The summed E-state index contributed by atoms with van der Waals surface area (Å²) in [5.41, 5.74) is 7.19. The number of benzene rings is 2. The fraction of sp³-hybridized carbons (Fsp3) is 0.0588. The molecular formula is C17H15ClN6O. The van der Waals surface area contributed by atoms with Crippen LogP contribution in [-0.2, 0) is 0 Å². The molecule has 0 aliphatic rings. The van der Waals surface area contributed by atoms with Gasteiger partial charge < -0.3 is 16.0 Å². The molecule has 1 heterocycles. The topological polar surface area (TPSA) is 97.0 Å². The number of nitrogens with two attached hydrogens (primary N) is 1. The summed E-state index contributed by atoms with van der Waals surface area (Å²) in [5, 5.41) is 3.66. The van der Waals surface area contributed by atoms with Crippen LogP contribution < -0.4 is 16.0 Å². The lowest BCUT2D eigenvalue weighted by atomic mass is 10.2. The van der Waals surface area contributed by atoms with Gasteiger partial charge in [0.25, 0.3) is 0 Å². The van der Waals surface area contributed by atoms with E-state index in [1.165, 1.54) is 6.33 Å². The van der Waals surface area contributed by atoms with Gasteiger partial charge in [-0.05, 0) is 36.4 Å². The zero-order chi connectivity index (χ0) is 17.8. The number of rotatable bonds is 5. The molecule has 0 saturated heterocycles. The SMILES string of the molecule is CN(c1cccc(Cl)c1)c1ncnc(Nc2cccc(C(N)=O)c2)n1. The maximum Gasteiger partial charge on any atom is 0.248 e. The van der Waals surface area contributed by atoms with E-state index < -0.39 is 5.91 Å². The second kappa shape index (κ2) is 7.14. The van der Waals surface area contributed by atoms with Crippen LogP contribution in [0.15, 0.2) is 54.9 Å². The summed E-state index contributed by atoms with van der Waals surface area (Å²) in [6.07, 6.45) is 1.41. The van der Waals surface area contributed by atoms with Gasteiger partial charge in [-0.3, -0.25) is 4.79 Å². The highest BCUT2D eigenvalue weighted by molar-refractivity contribution is 6.30. The summed E-state index contributed by atoms with van der Waals surface area (Å²) in [6, 6.07) is 14.1. The van der Waals surface area contributed by atoms with E-state index in [0.717, 1.165) is 5.69 Å². The van der Waals surface area contributed by atoms with E-state index in [1.807, 2.05) is 25.2 Å². The Morgan fingerprint density at radius 1 is 1.16 bits per heavy atom. The number of anilines is 4. The number of amides is 1. The fourth-order valence-corrected chi connectivity index (χ4v) is 2.37. The molecule has 3 N–H and O–H groups in total. The lowest BCUT2D eigenvalue weighted by Crippen LogP contribution is -2.14. The molecule has 0 fully saturated rings. The van der Waals surface area contributed by atoms with E-state index >= 15 is 0 Å². The molecule has 3 aromatic rings. The molecule has 3 rings (SSSR count). The molecule has 126 valence electrons. The molecule has 0 spiro atoms. The average molecular weight is 355 g/mol. The van der Waals surface area contributed by atoms with Crippen LogP contribution in [0.25, 0.3) is 0 Å². The molecule has 0 bridgehead atoms. The molecule has 1 aromatic heterocycles. The highest BCUT2D eigenvalue weighted by Gasteiger charge is 2.10. The number of carbonyl (C=O) groups is 1. The first-order chi connectivity index (χ1) is 12.0. The van der Waals surface area contributed by atoms with E-state index in [0.29, 0.717) is 28.2 Å². The second-order valence-electron chi connectivity index (χ2n) is 5.22. The molecule has 1 amide bonds. The Labute approximate surface area is 149 Å².